The van der Waals surface area contributed by atoms with Gasteiger partial charge in [0.05, 0.1) is 11.6 Å². The molecule has 96 valence electrons. The van der Waals surface area contributed by atoms with Gasteiger partial charge in [0.1, 0.15) is 0 Å². The van der Waals surface area contributed by atoms with Gasteiger partial charge in [0, 0.05) is 18.8 Å². The molecule has 0 saturated carbocycles. The van der Waals surface area contributed by atoms with Gasteiger partial charge in [0.25, 0.3) is 0 Å². The largest absolute Gasteiger partial charge is 0.478 e. The second kappa shape index (κ2) is 8.31. The molecule has 3 nitrogen and oxygen atoms in total. The number of hydrogen-bond donors (Lipinski definition) is 1. The van der Waals surface area contributed by atoms with E-state index in [4.69, 9.17) is 16.3 Å². The van der Waals surface area contributed by atoms with Crippen LogP contribution in [-0.2, 0) is 6.54 Å². The summed E-state index contributed by atoms with van der Waals surface area (Å²) in [6, 6.07) is 1.91. The fraction of sp³-hybridized carbons (Fsp3) is 0.615. The van der Waals surface area contributed by atoms with E-state index in [1.54, 1.807) is 6.20 Å². The van der Waals surface area contributed by atoms with Crippen LogP contribution in [0.1, 0.15) is 38.7 Å². The normalized spacial score (nSPS) is 10.5. The van der Waals surface area contributed by atoms with Gasteiger partial charge in [0.2, 0.25) is 5.88 Å². The quantitative estimate of drug-likeness (QED) is 0.724. The van der Waals surface area contributed by atoms with E-state index in [0.29, 0.717) is 10.9 Å². The minimum Gasteiger partial charge on any atom is -0.478 e. The van der Waals surface area contributed by atoms with E-state index in [-0.39, 0.29) is 0 Å². The van der Waals surface area contributed by atoms with Gasteiger partial charge in [-0.1, -0.05) is 38.3 Å². The second-order valence-corrected chi connectivity index (χ2v) is 4.36. The zero-order chi connectivity index (χ0) is 12.5. The smallest absolute Gasteiger partial charge is 0.213 e. The molecule has 4 heteroatoms. The number of halogens is 1. The number of pyridine rings is 1. The van der Waals surface area contributed by atoms with Gasteiger partial charge in [0.15, 0.2) is 0 Å². The third kappa shape index (κ3) is 5.37. The first-order valence-corrected chi connectivity index (χ1v) is 6.63. The summed E-state index contributed by atoms with van der Waals surface area (Å²) in [6.45, 7) is 6.64. The molecule has 1 aromatic heterocycles. The van der Waals surface area contributed by atoms with Crippen molar-refractivity contribution in [3.63, 3.8) is 0 Å². The van der Waals surface area contributed by atoms with Crippen molar-refractivity contribution in [1.82, 2.24) is 10.3 Å². The Morgan fingerprint density at radius 1 is 1.35 bits per heavy atom. The SMILES string of the molecule is CCCCCOc1cc(CNCC)c(Cl)cn1. The Morgan fingerprint density at radius 3 is 2.88 bits per heavy atom. The van der Waals surface area contributed by atoms with Gasteiger partial charge in [-0.15, -0.1) is 0 Å². The standard InChI is InChI=1S/C13H21ClN2O/c1-3-5-6-7-17-13-8-11(9-15-4-2)12(14)10-16-13/h8,10,15H,3-7,9H2,1-2H3. The molecule has 1 heterocycles. The lowest BCUT2D eigenvalue weighted by Crippen LogP contribution is -2.12. The van der Waals surface area contributed by atoms with Crippen LogP contribution in [-0.4, -0.2) is 18.1 Å². The molecule has 0 unspecified atom stereocenters. The molecule has 0 fully saturated rings. The molecule has 1 N–H and O–H groups in total. The van der Waals surface area contributed by atoms with Crippen LogP contribution in [0.3, 0.4) is 0 Å². The van der Waals surface area contributed by atoms with E-state index in [1.807, 2.05) is 6.07 Å². The van der Waals surface area contributed by atoms with Crippen LogP contribution < -0.4 is 10.1 Å². The van der Waals surface area contributed by atoms with Crippen LogP contribution in [0, 0.1) is 0 Å². The van der Waals surface area contributed by atoms with E-state index < -0.39 is 0 Å². The molecule has 1 rings (SSSR count). The summed E-state index contributed by atoms with van der Waals surface area (Å²) in [5.41, 5.74) is 1.04. The number of unbranched alkanes of at least 4 members (excludes halogenated alkanes) is 2. The van der Waals surface area contributed by atoms with Gasteiger partial charge in [-0.3, -0.25) is 0 Å². The van der Waals surface area contributed by atoms with E-state index >= 15 is 0 Å². The molecule has 0 saturated heterocycles. The first-order valence-electron chi connectivity index (χ1n) is 6.25. The number of aromatic nitrogens is 1. The molecule has 0 aromatic carbocycles. The number of hydrogen-bond acceptors (Lipinski definition) is 3. The van der Waals surface area contributed by atoms with Gasteiger partial charge in [-0.05, 0) is 18.5 Å². The lowest BCUT2D eigenvalue weighted by Gasteiger charge is -2.08. The first-order chi connectivity index (χ1) is 8.27. The summed E-state index contributed by atoms with van der Waals surface area (Å²) in [5, 5.41) is 3.93. The Labute approximate surface area is 109 Å². The maximum atomic E-state index is 6.06. The van der Waals surface area contributed by atoms with Crippen LogP contribution in [0.25, 0.3) is 0 Å². The van der Waals surface area contributed by atoms with Gasteiger partial charge < -0.3 is 10.1 Å². The summed E-state index contributed by atoms with van der Waals surface area (Å²) in [4.78, 5) is 4.16. The molecule has 1 aromatic rings. The molecular formula is C13H21ClN2O. The van der Waals surface area contributed by atoms with Crippen molar-refractivity contribution in [3.8, 4) is 5.88 Å². The molecule has 0 aliphatic rings. The molecular weight excluding hydrogens is 236 g/mol. The summed E-state index contributed by atoms with van der Waals surface area (Å²) in [6.07, 6.45) is 5.12. The second-order valence-electron chi connectivity index (χ2n) is 3.95. The Morgan fingerprint density at radius 2 is 2.18 bits per heavy atom. The van der Waals surface area contributed by atoms with E-state index in [1.165, 1.54) is 12.8 Å². The summed E-state index contributed by atoms with van der Waals surface area (Å²) in [7, 11) is 0. The molecule has 0 atom stereocenters. The minimum absolute atomic E-state index is 0.665. The fourth-order valence-corrected chi connectivity index (χ4v) is 1.63. The monoisotopic (exact) mass is 256 g/mol. The Hall–Kier alpha value is -0.800. The molecule has 0 spiro atoms. The van der Waals surface area contributed by atoms with Gasteiger partial charge in [-0.2, -0.15) is 0 Å². The van der Waals surface area contributed by atoms with E-state index in [9.17, 15) is 0 Å². The van der Waals surface area contributed by atoms with E-state index in [2.05, 4.69) is 24.1 Å². The summed E-state index contributed by atoms with van der Waals surface area (Å²) >= 11 is 6.06. The van der Waals surface area contributed by atoms with Crippen LogP contribution in [0.15, 0.2) is 12.3 Å². The third-order valence-corrected chi connectivity index (χ3v) is 2.81. The lowest BCUT2D eigenvalue weighted by atomic mass is 10.2. The van der Waals surface area contributed by atoms with Crippen molar-refractivity contribution in [3.05, 3.63) is 22.8 Å². The molecule has 0 amide bonds. The number of rotatable bonds is 8. The zero-order valence-electron chi connectivity index (χ0n) is 10.6. The minimum atomic E-state index is 0.665. The molecule has 0 aliphatic carbocycles. The summed E-state index contributed by atoms with van der Waals surface area (Å²) < 4.78 is 5.59. The number of nitrogens with one attached hydrogen (secondary N) is 1. The summed E-state index contributed by atoms with van der Waals surface area (Å²) in [5.74, 6) is 0.665. The van der Waals surface area contributed by atoms with Crippen molar-refractivity contribution in [2.75, 3.05) is 13.2 Å². The number of nitrogens with zero attached hydrogens (tertiary/aromatic N) is 1. The van der Waals surface area contributed by atoms with Crippen molar-refractivity contribution >= 4 is 11.6 Å². The van der Waals surface area contributed by atoms with Crippen LogP contribution >= 0.6 is 11.6 Å². The molecule has 0 aliphatic heterocycles. The Kier molecular flexibility index (Phi) is 6.97. The first kappa shape index (κ1) is 14.3. The van der Waals surface area contributed by atoms with Gasteiger partial charge >= 0.3 is 0 Å². The zero-order valence-corrected chi connectivity index (χ0v) is 11.4. The van der Waals surface area contributed by atoms with E-state index in [0.717, 1.165) is 31.7 Å². The predicted molar refractivity (Wildman–Crippen MR) is 71.6 cm³/mol. The third-order valence-electron chi connectivity index (χ3n) is 2.47. The average Bonchev–Trinajstić information content (AvgIpc) is 2.35. The maximum Gasteiger partial charge on any atom is 0.213 e. The van der Waals surface area contributed by atoms with Crippen molar-refractivity contribution in [2.45, 2.75) is 39.7 Å². The van der Waals surface area contributed by atoms with Crippen LogP contribution in [0.5, 0.6) is 5.88 Å². The van der Waals surface area contributed by atoms with Crippen LogP contribution in [0.4, 0.5) is 0 Å². The Balaban J connectivity index is 2.49. The van der Waals surface area contributed by atoms with Crippen molar-refractivity contribution in [2.24, 2.45) is 0 Å². The highest BCUT2D eigenvalue weighted by Gasteiger charge is 2.03. The fourth-order valence-electron chi connectivity index (χ4n) is 1.46. The molecule has 0 radical (unpaired) electrons. The average molecular weight is 257 g/mol. The van der Waals surface area contributed by atoms with Gasteiger partial charge in [-0.25, -0.2) is 4.98 Å². The molecule has 0 bridgehead atoms. The highest BCUT2D eigenvalue weighted by atomic mass is 35.5. The van der Waals surface area contributed by atoms with Crippen molar-refractivity contribution in [1.29, 1.82) is 0 Å². The highest BCUT2D eigenvalue weighted by molar-refractivity contribution is 6.31. The maximum absolute atomic E-state index is 6.06. The van der Waals surface area contributed by atoms with Crippen molar-refractivity contribution < 1.29 is 4.74 Å². The Bertz CT molecular complexity index is 331. The highest BCUT2D eigenvalue weighted by Crippen LogP contribution is 2.19. The number of ether oxygens (including phenoxy) is 1. The predicted octanol–water partition coefficient (Wildman–Crippen LogP) is 3.41. The van der Waals surface area contributed by atoms with Crippen LogP contribution in [0.2, 0.25) is 5.02 Å². The molecule has 17 heavy (non-hydrogen) atoms. The lowest BCUT2D eigenvalue weighted by molar-refractivity contribution is 0.294. The topological polar surface area (TPSA) is 34.1 Å².